The lowest BCUT2D eigenvalue weighted by atomic mass is 10.3. The Morgan fingerprint density at radius 3 is 2.38 bits per heavy atom. The Morgan fingerprint density at radius 2 is 2.38 bits per heavy atom. The molecule has 0 aliphatic carbocycles. The van der Waals surface area contributed by atoms with Crippen LogP contribution in [0.4, 0.5) is 0 Å². The molecule has 1 saturated heterocycles. The molecule has 1 amide bonds. The van der Waals surface area contributed by atoms with Crippen molar-refractivity contribution in [3.05, 3.63) is 0 Å². The van der Waals surface area contributed by atoms with Gasteiger partial charge in [0.15, 0.2) is 0 Å². The van der Waals surface area contributed by atoms with Gasteiger partial charge in [0, 0.05) is 13.0 Å². The van der Waals surface area contributed by atoms with Crippen LogP contribution in [0.3, 0.4) is 0 Å². The van der Waals surface area contributed by atoms with Gasteiger partial charge in [0.25, 0.3) is 11.3 Å². The molecule has 0 aromatic rings. The van der Waals surface area contributed by atoms with Crippen molar-refractivity contribution in [1.82, 2.24) is 4.31 Å². The lowest BCUT2D eigenvalue weighted by molar-refractivity contribution is -0.133. The summed E-state index contributed by atoms with van der Waals surface area (Å²) in [5, 5.41) is 0. The van der Waals surface area contributed by atoms with E-state index in [9.17, 15) is 9.00 Å². The zero-order valence-electron chi connectivity index (χ0n) is 4.03. The van der Waals surface area contributed by atoms with Crippen LogP contribution in [-0.4, -0.2) is 25.5 Å². The number of carbonyl (C=O) groups excluding carboxylic acids is 1. The Bertz CT molecular complexity index is 137. The molecule has 1 aliphatic heterocycles. The lowest BCUT2D eigenvalue weighted by Crippen LogP contribution is -2.43. The van der Waals surface area contributed by atoms with E-state index in [0.29, 0.717) is 13.0 Å². The van der Waals surface area contributed by atoms with Crippen LogP contribution in [-0.2, 0) is 16.1 Å². The summed E-state index contributed by atoms with van der Waals surface area (Å²) in [6, 6.07) is 0. The van der Waals surface area contributed by atoms with Crippen LogP contribution < -0.4 is 0 Å². The molecule has 4 nitrogen and oxygen atoms in total. The maximum atomic E-state index is 10.2. The minimum absolute atomic E-state index is 0.245. The predicted octanol–water partition coefficient (Wildman–Crippen LogP) is -0.645. The summed E-state index contributed by atoms with van der Waals surface area (Å²) >= 11 is -2.07. The third-order valence-corrected chi connectivity index (χ3v) is 1.76. The second-order valence-corrected chi connectivity index (χ2v) is 2.38. The zero-order valence-corrected chi connectivity index (χ0v) is 4.85. The van der Waals surface area contributed by atoms with Crippen molar-refractivity contribution in [3.8, 4) is 0 Å². The van der Waals surface area contributed by atoms with Crippen molar-refractivity contribution >= 4 is 17.2 Å². The van der Waals surface area contributed by atoms with Crippen LogP contribution in [0.5, 0.6) is 0 Å². The molecule has 5 heteroatoms. The molecule has 0 spiro atoms. The van der Waals surface area contributed by atoms with E-state index < -0.39 is 11.3 Å². The molecule has 1 rings (SSSR count). The first-order valence-corrected chi connectivity index (χ1v) is 3.19. The first-order chi connectivity index (χ1) is 3.72. The van der Waals surface area contributed by atoms with Gasteiger partial charge in [-0.05, 0) is 0 Å². The minimum atomic E-state index is -2.07. The molecular formula is C3H5NO3S. The van der Waals surface area contributed by atoms with E-state index in [2.05, 4.69) is 0 Å². The van der Waals surface area contributed by atoms with Crippen molar-refractivity contribution < 1.29 is 13.6 Å². The van der Waals surface area contributed by atoms with E-state index in [0.717, 1.165) is 4.31 Å². The van der Waals surface area contributed by atoms with Gasteiger partial charge >= 0.3 is 0 Å². The number of carbonyl (C=O) groups is 1. The van der Waals surface area contributed by atoms with Crippen LogP contribution in [0.2, 0.25) is 0 Å². The SMILES string of the molecule is O=C1CCN1S(=O)O. The van der Waals surface area contributed by atoms with Crippen LogP contribution >= 0.6 is 0 Å². The van der Waals surface area contributed by atoms with Gasteiger partial charge in [-0.1, -0.05) is 0 Å². The molecule has 0 aromatic heterocycles. The Balaban J connectivity index is 2.49. The van der Waals surface area contributed by atoms with E-state index in [1.165, 1.54) is 0 Å². The van der Waals surface area contributed by atoms with E-state index in [1.807, 2.05) is 0 Å². The Labute approximate surface area is 48.9 Å². The summed E-state index contributed by atoms with van der Waals surface area (Å²) in [4.78, 5) is 10.2. The third-order valence-electron chi connectivity index (χ3n) is 0.995. The molecule has 0 saturated carbocycles. The van der Waals surface area contributed by atoms with Crippen molar-refractivity contribution in [2.45, 2.75) is 6.42 Å². The molecule has 46 valence electrons. The van der Waals surface area contributed by atoms with Crippen LogP contribution in [0.15, 0.2) is 0 Å². The fraction of sp³-hybridized carbons (Fsp3) is 0.667. The van der Waals surface area contributed by atoms with Gasteiger partial charge in [-0.3, -0.25) is 9.35 Å². The Hall–Kier alpha value is -0.420. The van der Waals surface area contributed by atoms with Gasteiger partial charge in [-0.2, -0.15) is 0 Å². The highest BCUT2D eigenvalue weighted by atomic mass is 32.2. The fourth-order valence-electron chi connectivity index (χ4n) is 0.460. The Kier molecular flexibility index (Phi) is 1.31. The first-order valence-electron chi connectivity index (χ1n) is 2.13. The quantitative estimate of drug-likeness (QED) is 0.384. The van der Waals surface area contributed by atoms with E-state index in [-0.39, 0.29) is 5.91 Å². The molecule has 8 heavy (non-hydrogen) atoms. The number of nitrogens with zero attached hydrogens (tertiary/aromatic N) is 1. The molecule has 0 aromatic carbocycles. The summed E-state index contributed by atoms with van der Waals surface area (Å²) < 4.78 is 19.1. The molecule has 0 radical (unpaired) electrons. The number of amides is 1. The second kappa shape index (κ2) is 1.83. The summed E-state index contributed by atoms with van der Waals surface area (Å²) in [6.45, 7) is 0.419. The van der Waals surface area contributed by atoms with Gasteiger partial charge < -0.3 is 0 Å². The smallest absolute Gasteiger partial charge is 0.264 e. The standard InChI is InChI=1S/C3H5NO3S/c5-3-1-2-4(3)8(6)7/h1-2H2,(H,6,7). The first kappa shape index (κ1) is 5.71. The molecule has 1 atom stereocenters. The van der Waals surface area contributed by atoms with E-state index in [4.69, 9.17) is 4.55 Å². The van der Waals surface area contributed by atoms with Crippen LogP contribution in [0.25, 0.3) is 0 Å². The van der Waals surface area contributed by atoms with Crippen LogP contribution in [0.1, 0.15) is 6.42 Å². The average Bonchev–Trinajstić information content (AvgIpc) is 1.61. The largest absolute Gasteiger partial charge is 0.289 e. The van der Waals surface area contributed by atoms with E-state index in [1.54, 1.807) is 0 Å². The molecule has 1 heterocycles. The highest BCUT2D eigenvalue weighted by molar-refractivity contribution is 7.77. The number of hydrogen-bond donors (Lipinski definition) is 1. The molecule has 0 bridgehead atoms. The van der Waals surface area contributed by atoms with Crippen molar-refractivity contribution in [3.63, 3.8) is 0 Å². The molecule has 1 fully saturated rings. The summed E-state index contributed by atoms with van der Waals surface area (Å²) in [5.41, 5.74) is 0. The van der Waals surface area contributed by atoms with Gasteiger partial charge in [-0.25, -0.2) is 8.51 Å². The molecular weight excluding hydrogens is 130 g/mol. The molecule has 1 aliphatic rings. The Morgan fingerprint density at radius 1 is 1.75 bits per heavy atom. The number of rotatable bonds is 1. The monoisotopic (exact) mass is 135 g/mol. The van der Waals surface area contributed by atoms with Crippen LogP contribution in [0, 0.1) is 0 Å². The van der Waals surface area contributed by atoms with Crippen molar-refractivity contribution in [1.29, 1.82) is 0 Å². The predicted molar refractivity (Wildman–Crippen MR) is 27.1 cm³/mol. The second-order valence-electron chi connectivity index (χ2n) is 1.48. The summed E-state index contributed by atoms with van der Waals surface area (Å²) in [6.07, 6.45) is 0.409. The van der Waals surface area contributed by atoms with Crippen molar-refractivity contribution in [2.24, 2.45) is 0 Å². The topological polar surface area (TPSA) is 57.6 Å². The lowest BCUT2D eigenvalue weighted by Gasteiger charge is -2.25. The average molecular weight is 135 g/mol. The zero-order chi connectivity index (χ0) is 6.15. The molecule has 1 N–H and O–H groups in total. The number of hydrogen-bond acceptors (Lipinski definition) is 2. The van der Waals surface area contributed by atoms with E-state index >= 15 is 0 Å². The number of β-lactam (4-membered cyclic amide) rings is 1. The third kappa shape index (κ3) is 0.740. The minimum Gasteiger partial charge on any atom is -0.289 e. The summed E-state index contributed by atoms with van der Waals surface area (Å²) in [5.74, 6) is -0.245. The van der Waals surface area contributed by atoms with Crippen molar-refractivity contribution in [2.75, 3.05) is 6.54 Å². The summed E-state index contributed by atoms with van der Waals surface area (Å²) in [7, 11) is 0. The van der Waals surface area contributed by atoms with Gasteiger partial charge in [0.2, 0.25) is 5.91 Å². The maximum absolute atomic E-state index is 10.2. The maximum Gasteiger partial charge on any atom is 0.264 e. The highest BCUT2D eigenvalue weighted by Gasteiger charge is 2.27. The fourth-order valence-corrected chi connectivity index (χ4v) is 0.973. The van der Waals surface area contributed by atoms with Gasteiger partial charge in [0.05, 0.1) is 0 Å². The van der Waals surface area contributed by atoms with Gasteiger partial charge in [0.1, 0.15) is 0 Å². The normalized spacial score (nSPS) is 22.6. The molecule has 1 unspecified atom stereocenters. The highest BCUT2D eigenvalue weighted by Crippen LogP contribution is 2.08. The van der Waals surface area contributed by atoms with Gasteiger partial charge in [-0.15, -0.1) is 0 Å².